The lowest BCUT2D eigenvalue weighted by Gasteiger charge is -2.09. The number of aliphatic hydroxyl groups excluding tert-OH is 1. The van der Waals surface area contributed by atoms with E-state index in [1.807, 2.05) is 12.1 Å². The van der Waals surface area contributed by atoms with Crippen LogP contribution in [0.15, 0.2) is 41.2 Å². The topological polar surface area (TPSA) is 113 Å². The van der Waals surface area contributed by atoms with Crippen molar-refractivity contribution in [1.29, 1.82) is 0 Å². The average Bonchev–Trinajstić information content (AvgIpc) is 2.65. The highest BCUT2D eigenvalue weighted by Gasteiger charge is 2.14. The zero-order chi connectivity index (χ0) is 19.4. The molecule has 3 aromatic rings. The summed E-state index contributed by atoms with van der Waals surface area (Å²) in [6, 6.07) is 10.6. The normalized spacial score (nSPS) is 10.9. The number of rotatable bonds is 7. The summed E-state index contributed by atoms with van der Waals surface area (Å²) in [6.45, 7) is 0.128. The van der Waals surface area contributed by atoms with Gasteiger partial charge in [0.1, 0.15) is 11.4 Å². The van der Waals surface area contributed by atoms with Crippen molar-refractivity contribution >= 4 is 17.0 Å². The smallest absolute Gasteiger partial charge is 0.307 e. The van der Waals surface area contributed by atoms with E-state index in [4.69, 9.17) is 9.84 Å². The molecule has 0 aliphatic rings. The SMILES string of the molecule is COc1cc(CC(=O)O)c2nc(-c3ccc(CCCO)cc3)c(=O)[nH]c2c1. The number of aromatic nitrogens is 2. The molecule has 1 heterocycles. The van der Waals surface area contributed by atoms with Gasteiger partial charge in [0.25, 0.3) is 5.56 Å². The molecule has 0 spiro atoms. The van der Waals surface area contributed by atoms with E-state index in [0.29, 0.717) is 34.3 Å². The number of benzene rings is 2. The number of methoxy groups -OCH3 is 1. The third-order valence-electron chi connectivity index (χ3n) is 4.28. The molecule has 0 bridgehead atoms. The number of aryl methyl sites for hydroxylation is 1. The van der Waals surface area contributed by atoms with Crippen molar-refractivity contribution < 1.29 is 19.7 Å². The molecule has 27 heavy (non-hydrogen) atoms. The molecule has 0 atom stereocenters. The Bertz CT molecular complexity index is 1020. The first kappa shape index (κ1) is 18.6. The fourth-order valence-corrected chi connectivity index (χ4v) is 2.96. The Labute approximate surface area is 155 Å². The Morgan fingerprint density at radius 3 is 2.59 bits per heavy atom. The third kappa shape index (κ3) is 4.15. The van der Waals surface area contributed by atoms with Gasteiger partial charge in [-0.1, -0.05) is 24.3 Å². The maximum absolute atomic E-state index is 12.5. The van der Waals surface area contributed by atoms with Gasteiger partial charge >= 0.3 is 5.97 Å². The Balaban J connectivity index is 2.09. The van der Waals surface area contributed by atoms with Crippen molar-refractivity contribution in [1.82, 2.24) is 9.97 Å². The van der Waals surface area contributed by atoms with Gasteiger partial charge in [-0.25, -0.2) is 4.98 Å². The Morgan fingerprint density at radius 1 is 1.22 bits per heavy atom. The molecule has 0 saturated heterocycles. The van der Waals surface area contributed by atoms with Crippen LogP contribution < -0.4 is 10.3 Å². The number of fused-ring (bicyclic) bond motifs is 1. The largest absolute Gasteiger partial charge is 0.497 e. The first-order chi connectivity index (χ1) is 13.0. The number of ether oxygens (including phenoxy) is 1. The number of carbonyl (C=O) groups is 1. The van der Waals surface area contributed by atoms with Gasteiger partial charge in [0, 0.05) is 18.2 Å². The number of aromatic amines is 1. The van der Waals surface area contributed by atoms with Crippen molar-refractivity contribution in [2.24, 2.45) is 0 Å². The first-order valence-electron chi connectivity index (χ1n) is 8.54. The standard InChI is InChI=1S/C20H20N2O5/c1-27-15-9-14(10-17(24)25)18-16(11-15)21-20(26)19(22-18)13-6-4-12(5-7-13)3-2-8-23/h4-7,9,11,23H,2-3,8,10H2,1H3,(H,21,26)(H,24,25). The molecule has 0 radical (unpaired) electrons. The lowest BCUT2D eigenvalue weighted by molar-refractivity contribution is -0.136. The van der Waals surface area contributed by atoms with Gasteiger partial charge in [-0.2, -0.15) is 0 Å². The summed E-state index contributed by atoms with van der Waals surface area (Å²) in [5.41, 5.74) is 2.89. The monoisotopic (exact) mass is 368 g/mol. The van der Waals surface area contributed by atoms with Crippen LogP contribution in [0.1, 0.15) is 17.5 Å². The number of aliphatic carboxylic acids is 1. The van der Waals surface area contributed by atoms with E-state index in [9.17, 15) is 14.7 Å². The van der Waals surface area contributed by atoms with Gasteiger partial charge in [0.05, 0.1) is 24.6 Å². The highest BCUT2D eigenvalue weighted by Crippen LogP contribution is 2.25. The summed E-state index contributed by atoms with van der Waals surface area (Å²) >= 11 is 0. The van der Waals surface area contributed by atoms with Crippen molar-refractivity contribution in [2.75, 3.05) is 13.7 Å². The lowest BCUT2D eigenvalue weighted by Crippen LogP contribution is -2.13. The molecule has 3 rings (SSSR count). The van der Waals surface area contributed by atoms with Gasteiger partial charge in [-0.3, -0.25) is 9.59 Å². The van der Waals surface area contributed by atoms with E-state index in [1.54, 1.807) is 24.3 Å². The van der Waals surface area contributed by atoms with E-state index in [0.717, 1.165) is 12.0 Å². The Hall–Kier alpha value is -3.19. The van der Waals surface area contributed by atoms with E-state index < -0.39 is 5.97 Å². The summed E-state index contributed by atoms with van der Waals surface area (Å²) in [5, 5.41) is 18.1. The van der Waals surface area contributed by atoms with Crippen LogP contribution in [-0.4, -0.2) is 39.9 Å². The van der Waals surface area contributed by atoms with Crippen LogP contribution in [0.3, 0.4) is 0 Å². The van der Waals surface area contributed by atoms with E-state index in [1.165, 1.54) is 7.11 Å². The maximum atomic E-state index is 12.5. The molecular weight excluding hydrogens is 348 g/mol. The van der Waals surface area contributed by atoms with Gasteiger partial charge in [0.15, 0.2) is 0 Å². The predicted octanol–water partition coefficient (Wildman–Crippen LogP) is 2.15. The van der Waals surface area contributed by atoms with Crippen molar-refractivity contribution in [3.63, 3.8) is 0 Å². The average molecular weight is 368 g/mol. The molecule has 0 saturated carbocycles. The molecule has 7 nitrogen and oxygen atoms in total. The second-order valence-electron chi connectivity index (χ2n) is 6.19. The molecular formula is C20H20N2O5. The molecule has 3 N–H and O–H groups in total. The summed E-state index contributed by atoms with van der Waals surface area (Å²) in [5.74, 6) is -0.537. The second kappa shape index (κ2) is 8.01. The van der Waals surface area contributed by atoms with Crippen LogP contribution in [0.2, 0.25) is 0 Å². The number of H-pyrrole nitrogens is 1. The highest BCUT2D eigenvalue weighted by atomic mass is 16.5. The number of hydrogen-bond acceptors (Lipinski definition) is 5. The zero-order valence-electron chi connectivity index (χ0n) is 14.9. The summed E-state index contributed by atoms with van der Waals surface area (Å²) in [6.07, 6.45) is 1.20. The van der Waals surface area contributed by atoms with Crippen LogP contribution in [-0.2, 0) is 17.6 Å². The van der Waals surface area contributed by atoms with Crippen LogP contribution in [0.4, 0.5) is 0 Å². The van der Waals surface area contributed by atoms with Gasteiger partial charge in [0.2, 0.25) is 0 Å². The van der Waals surface area contributed by atoms with Crippen molar-refractivity contribution in [3.05, 3.63) is 57.9 Å². The Kier molecular flexibility index (Phi) is 5.52. The maximum Gasteiger partial charge on any atom is 0.307 e. The van der Waals surface area contributed by atoms with Crippen LogP contribution in [0.5, 0.6) is 5.75 Å². The molecule has 7 heteroatoms. The lowest BCUT2D eigenvalue weighted by atomic mass is 10.0. The van der Waals surface area contributed by atoms with E-state index in [2.05, 4.69) is 9.97 Å². The van der Waals surface area contributed by atoms with Crippen LogP contribution in [0, 0.1) is 0 Å². The molecule has 0 unspecified atom stereocenters. The second-order valence-corrected chi connectivity index (χ2v) is 6.19. The fraction of sp³-hybridized carbons (Fsp3) is 0.250. The van der Waals surface area contributed by atoms with Crippen molar-refractivity contribution in [2.45, 2.75) is 19.3 Å². The summed E-state index contributed by atoms with van der Waals surface area (Å²) < 4.78 is 5.18. The van der Waals surface area contributed by atoms with Crippen LogP contribution >= 0.6 is 0 Å². The fourth-order valence-electron chi connectivity index (χ4n) is 2.96. The number of hydrogen-bond donors (Lipinski definition) is 3. The molecule has 0 aliphatic carbocycles. The van der Waals surface area contributed by atoms with Gasteiger partial charge in [-0.15, -0.1) is 0 Å². The molecule has 1 aromatic heterocycles. The van der Waals surface area contributed by atoms with Gasteiger partial charge < -0.3 is 19.9 Å². The minimum atomic E-state index is -0.993. The minimum absolute atomic E-state index is 0.128. The molecule has 0 fully saturated rings. The molecule has 2 aromatic carbocycles. The minimum Gasteiger partial charge on any atom is -0.497 e. The quantitative estimate of drug-likeness (QED) is 0.589. The number of carboxylic acids is 1. The first-order valence-corrected chi connectivity index (χ1v) is 8.54. The number of nitrogens with zero attached hydrogens (tertiary/aromatic N) is 1. The van der Waals surface area contributed by atoms with Gasteiger partial charge in [-0.05, 0) is 30.0 Å². The van der Waals surface area contributed by atoms with E-state index in [-0.39, 0.29) is 24.3 Å². The number of nitrogens with one attached hydrogen (secondary N) is 1. The summed E-state index contributed by atoms with van der Waals surface area (Å²) in [4.78, 5) is 30.9. The predicted molar refractivity (Wildman–Crippen MR) is 101 cm³/mol. The zero-order valence-corrected chi connectivity index (χ0v) is 14.9. The van der Waals surface area contributed by atoms with Crippen LogP contribution in [0.25, 0.3) is 22.3 Å². The number of carboxylic acid groups (broad SMARTS) is 1. The number of aliphatic hydroxyl groups is 1. The molecule has 0 amide bonds. The van der Waals surface area contributed by atoms with Crippen molar-refractivity contribution in [3.8, 4) is 17.0 Å². The third-order valence-corrected chi connectivity index (χ3v) is 4.28. The highest BCUT2D eigenvalue weighted by molar-refractivity contribution is 5.85. The molecule has 0 aliphatic heterocycles. The molecule has 140 valence electrons. The Morgan fingerprint density at radius 2 is 1.96 bits per heavy atom. The van der Waals surface area contributed by atoms with E-state index >= 15 is 0 Å². The summed E-state index contributed by atoms with van der Waals surface area (Å²) in [7, 11) is 1.48.